The summed E-state index contributed by atoms with van der Waals surface area (Å²) in [6.07, 6.45) is 3.63. The molecular weight excluding hydrogens is 338 g/mol. The Bertz CT molecular complexity index is 576. The summed E-state index contributed by atoms with van der Waals surface area (Å²) in [6, 6.07) is 10.2. The number of thioether (sulfide) groups is 1. The molecule has 0 aromatic heterocycles. The first-order valence-corrected chi connectivity index (χ1v) is 9.74. The van der Waals surface area contributed by atoms with Crippen LogP contribution in [0.3, 0.4) is 0 Å². The molecule has 5 heteroatoms. The Morgan fingerprint density at radius 2 is 2.17 bits per heavy atom. The highest BCUT2D eigenvalue weighted by atomic mass is 32.2. The third-order valence-electron chi connectivity index (χ3n) is 4.31. The molecule has 1 N–H and O–H groups in total. The monoisotopic (exact) mass is 363 g/mol. The van der Waals surface area contributed by atoms with Gasteiger partial charge in [-0.15, -0.1) is 6.58 Å². The van der Waals surface area contributed by atoms with Gasteiger partial charge in [0.1, 0.15) is 4.32 Å². The second-order valence-corrected chi connectivity index (χ2v) is 7.99. The fourth-order valence-electron chi connectivity index (χ4n) is 2.78. The molecule has 1 aromatic rings. The molecule has 1 aromatic carbocycles. The van der Waals surface area contributed by atoms with Gasteiger partial charge < -0.3 is 5.11 Å². The smallest absolute Gasteiger partial charge is 0.230 e. The molecule has 2 rings (SSSR count). The van der Waals surface area contributed by atoms with E-state index >= 15 is 0 Å². The first kappa shape index (κ1) is 19.2. The number of hydrogen-bond acceptors (Lipinski definition) is 4. The molecule has 0 radical (unpaired) electrons. The minimum Gasteiger partial charge on any atom is -0.393 e. The van der Waals surface area contributed by atoms with E-state index in [1.807, 2.05) is 24.3 Å². The standard InChI is InChI=1S/C19H25NO2S2/c1-3-14(2)9-10-17(21)12-18(22)20-16(13-24-19(20)23)11-15-7-5-4-6-8-15/h3-8,14,16-17,21H,1,9-13H2,2H3/t14-,16-,17-/m1/s1. The number of carbonyl (C=O) groups is 1. The Morgan fingerprint density at radius 3 is 2.83 bits per heavy atom. The minimum atomic E-state index is -0.620. The molecule has 0 aliphatic carbocycles. The van der Waals surface area contributed by atoms with Gasteiger partial charge in [-0.3, -0.25) is 9.69 Å². The number of carbonyl (C=O) groups excluding carboxylic acids is 1. The first-order valence-electron chi connectivity index (χ1n) is 8.34. The second-order valence-electron chi connectivity index (χ2n) is 6.33. The highest BCUT2D eigenvalue weighted by molar-refractivity contribution is 8.23. The van der Waals surface area contributed by atoms with E-state index in [9.17, 15) is 9.90 Å². The molecule has 1 saturated heterocycles. The van der Waals surface area contributed by atoms with E-state index in [-0.39, 0.29) is 18.4 Å². The van der Waals surface area contributed by atoms with Crippen LogP contribution < -0.4 is 0 Å². The van der Waals surface area contributed by atoms with Gasteiger partial charge in [-0.25, -0.2) is 0 Å². The van der Waals surface area contributed by atoms with Gasteiger partial charge in [-0.2, -0.15) is 0 Å². The summed E-state index contributed by atoms with van der Waals surface area (Å²) in [5, 5.41) is 10.2. The summed E-state index contributed by atoms with van der Waals surface area (Å²) in [6.45, 7) is 5.80. The number of allylic oxidation sites excluding steroid dienone is 1. The van der Waals surface area contributed by atoms with Crippen molar-refractivity contribution in [2.45, 2.75) is 44.8 Å². The molecule has 1 aliphatic heterocycles. The van der Waals surface area contributed by atoms with Crippen LogP contribution in [0.2, 0.25) is 0 Å². The largest absolute Gasteiger partial charge is 0.393 e. The van der Waals surface area contributed by atoms with E-state index in [0.29, 0.717) is 16.7 Å². The predicted molar refractivity (Wildman–Crippen MR) is 105 cm³/mol. The average molecular weight is 364 g/mol. The second kappa shape index (κ2) is 9.35. The Morgan fingerprint density at radius 1 is 1.46 bits per heavy atom. The molecule has 0 saturated carbocycles. The van der Waals surface area contributed by atoms with E-state index in [2.05, 4.69) is 25.6 Å². The normalized spacial score (nSPS) is 20.0. The van der Waals surface area contributed by atoms with Crippen LogP contribution in [0.15, 0.2) is 43.0 Å². The third-order valence-corrected chi connectivity index (χ3v) is 5.86. The van der Waals surface area contributed by atoms with E-state index < -0.39 is 6.10 Å². The van der Waals surface area contributed by atoms with Gasteiger partial charge in [-0.05, 0) is 30.7 Å². The fraction of sp³-hybridized carbons (Fsp3) is 0.474. The number of nitrogens with zero attached hydrogens (tertiary/aromatic N) is 1. The van der Waals surface area contributed by atoms with Crippen LogP contribution in [0, 0.1) is 5.92 Å². The highest BCUT2D eigenvalue weighted by Gasteiger charge is 2.34. The molecule has 1 heterocycles. The van der Waals surface area contributed by atoms with Crippen molar-refractivity contribution in [3.63, 3.8) is 0 Å². The topological polar surface area (TPSA) is 40.5 Å². The zero-order valence-corrected chi connectivity index (χ0v) is 15.7. The molecule has 24 heavy (non-hydrogen) atoms. The van der Waals surface area contributed by atoms with Crippen molar-refractivity contribution in [3.8, 4) is 0 Å². The van der Waals surface area contributed by atoms with Gasteiger partial charge in [0.2, 0.25) is 5.91 Å². The molecule has 3 nitrogen and oxygen atoms in total. The number of hydrogen-bond donors (Lipinski definition) is 1. The lowest BCUT2D eigenvalue weighted by Gasteiger charge is -2.25. The summed E-state index contributed by atoms with van der Waals surface area (Å²) in [4.78, 5) is 14.3. The van der Waals surface area contributed by atoms with Crippen LogP contribution in [0.1, 0.15) is 31.7 Å². The summed E-state index contributed by atoms with van der Waals surface area (Å²) >= 11 is 6.91. The minimum absolute atomic E-state index is 0.0651. The number of rotatable bonds is 8. The maximum atomic E-state index is 12.6. The van der Waals surface area contributed by atoms with Crippen LogP contribution in [0.4, 0.5) is 0 Å². The Balaban J connectivity index is 1.92. The highest BCUT2D eigenvalue weighted by Crippen LogP contribution is 2.28. The molecule has 3 atom stereocenters. The quantitative estimate of drug-likeness (QED) is 0.563. The fourth-order valence-corrected chi connectivity index (χ4v) is 4.22. The van der Waals surface area contributed by atoms with Gasteiger partial charge in [-0.1, -0.05) is 67.3 Å². The van der Waals surface area contributed by atoms with Crippen molar-refractivity contribution in [1.29, 1.82) is 0 Å². The summed E-state index contributed by atoms with van der Waals surface area (Å²) < 4.78 is 0.632. The van der Waals surface area contributed by atoms with E-state index in [1.165, 1.54) is 5.56 Å². The van der Waals surface area contributed by atoms with Crippen molar-refractivity contribution in [2.24, 2.45) is 5.92 Å². The Hall–Kier alpha value is -1.17. The maximum Gasteiger partial charge on any atom is 0.230 e. The average Bonchev–Trinajstić information content (AvgIpc) is 2.94. The first-order chi connectivity index (χ1) is 11.5. The van der Waals surface area contributed by atoms with Crippen LogP contribution in [0.5, 0.6) is 0 Å². The molecule has 0 bridgehead atoms. The third kappa shape index (κ3) is 5.43. The van der Waals surface area contributed by atoms with Crippen LogP contribution in [-0.4, -0.2) is 38.1 Å². The lowest BCUT2D eigenvalue weighted by molar-refractivity contribution is -0.130. The lowest BCUT2D eigenvalue weighted by atomic mass is 10.0. The van der Waals surface area contributed by atoms with Gasteiger partial charge in [0.25, 0.3) is 0 Å². The molecule has 0 spiro atoms. The number of aliphatic hydroxyl groups excluding tert-OH is 1. The maximum absolute atomic E-state index is 12.6. The van der Waals surface area contributed by atoms with Gasteiger partial charge in [0.05, 0.1) is 18.6 Å². The zero-order valence-electron chi connectivity index (χ0n) is 14.1. The molecule has 130 valence electrons. The van der Waals surface area contributed by atoms with E-state index in [4.69, 9.17) is 12.2 Å². The van der Waals surface area contributed by atoms with Crippen molar-refractivity contribution < 1.29 is 9.90 Å². The van der Waals surface area contributed by atoms with Crippen molar-refractivity contribution in [2.75, 3.05) is 5.75 Å². The van der Waals surface area contributed by atoms with Crippen molar-refractivity contribution >= 4 is 34.2 Å². The van der Waals surface area contributed by atoms with Crippen LogP contribution >= 0.6 is 24.0 Å². The van der Waals surface area contributed by atoms with E-state index in [0.717, 1.165) is 18.6 Å². The molecular formula is C19H25NO2S2. The van der Waals surface area contributed by atoms with Crippen molar-refractivity contribution in [1.82, 2.24) is 4.90 Å². The zero-order chi connectivity index (χ0) is 17.5. The number of thiocarbonyl (C=S) groups is 1. The predicted octanol–water partition coefficient (Wildman–Crippen LogP) is 3.81. The molecule has 1 aliphatic rings. The van der Waals surface area contributed by atoms with Gasteiger partial charge in [0, 0.05) is 5.75 Å². The lowest BCUT2D eigenvalue weighted by Crippen LogP contribution is -2.41. The van der Waals surface area contributed by atoms with Crippen LogP contribution in [-0.2, 0) is 11.2 Å². The van der Waals surface area contributed by atoms with Gasteiger partial charge in [0.15, 0.2) is 0 Å². The molecule has 1 amide bonds. The summed E-state index contributed by atoms with van der Waals surface area (Å²) in [5.41, 5.74) is 1.20. The van der Waals surface area contributed by atoms with Crippen LogP contribution in [0.25, 0.3) is 0 Å². The number of aliphatic hydroxyl groups is 1. The van der Waals surface area contributed by atoms with Crippen molar-refractivity contribution in [3.05, 3.63) is 48.6 Å². The van der Waals surface area contributed by atoms with E-state index in [1.54, 1.807) is 16.7 Å². The molecule has 1 fully saturated rings. The number of amides is 1. The number of benzene rings is 1. The summed E-state index contributed by atoms with van der Waals surface area (Å²) in [7, 11) is 0. The summed E-state index contributed by atoms with van der Waals surface area (Å²) in [5.74, 6) is 1.11. The SMILES string of the molecule is C=C[C@@H](C)CC[C@@H](O)CC(=O)N1C(=S)SC[C@H]1Cc1ccccc1. The Labute approximate surface area is 154 Å². The van der Waals surface area contributed by atoms with Gasteiger partial charge >= 0.3 is 0 Å². The molecule has 0 unspecified atom stereocenters. The Kier molecular flexibility index (Phi) is 7.46.